The van der Waals surface area contributed by atoms with Crippen LogP contribution in [0.4, 0.5) is 10.6 Å². The van der Waals surface area contributed by atoms with Crippen molar-refractivity contribution in [2.45, 2.75) is 42.5 Å². The summed E-state index contributed by atoms with van der Waals surface area (Å²) >= 11 is 0. The smallest absolute Gasteiger partial charge is 0.497 e. The van der Waals surface area contributed by atoms with Gasteiger partial charge >= 0.3 is 11.8 Å². The molecule has 1 aliphatic heterocycles. The standard InChI is InChI=1S/C52H45N3O9/c1-59-37-25-21-35(22-26-37)52(34-15-7-4-8-16-34,36-23-27-38(60-2)28-24-36)64-49(47(56)33-13-5-3-6-14-33)48-44(31-46(63-48)55-30-29-45(53)54-50(55)57)62-51(58)61-32-43-41-19-11-9-17-39(41)40-18-10-12-20-42(40)43/h3-30,43-44,46,48-49H,31-32H2,1-2H3,(H2,53,54,57)/t44-,46+,48-,49?/m0/s1. The lowest BCUT2D eigenvalue weighted by Gasteiger charge is -2.40. The van der Waals surface area contributed by atoms with Crippen molar-refractivity contribution in [2.24, 2.45) is 0 Å². The molecule has 1 saturated heterocycles. The fourth-order valence-electron chi connectivity index (χ4n) is 8.87. The Morgan fingerprint density at radius 2 is 1.25 bits per heavy atom. The van der Waals surface area contributed by atoms with E-state index < -0.39 is 47.8 Å². The topological polar surface area (TPSA) is 150 Å². The van der Waals surface area contributed by atoms with Crippen LogP contribution in [0.1, 0.15) is 56.7 Å². The molecule has 0 amide bonds. The number of ketones is 1. The molecule has 2 heterocycles. The van der Waals surface area contributed by atoms with Crippen LogP contribution in [0, 0.1) is 0 Å². The van der Waals surface area contributed by atoms with E-state index in [9.17, 15) is 9.59 Å². The number of anilines is 1. The van der Waals surface area contributed by atoms with E-state index in [1.807, 2.05) is 115 Å². The number of hydrogen-bond donors (Lipinski definition) is 1. The molecule has 0 spiro atoms. The third kappa shape index (κ3) is 8.00. The quantitative estimate of drug-likeness (QED) is 0.0636. The number of ether oxygens (including phenoxy) is 6. The van der Waals surface area contributed by atoms with E-state index in [-0.39, 0.29) is 24.8 Å². The summed E-state index contributed by atoms with van der Waals surface area (Å²) < 4.78 is 38.8. The molecule has 6 aromatic carbocycles. The third-order valence-electron chi connectivity index (χ3n) is 11.9. The molecule has 1 fully saturated rings. The zero-order chi connectivity index (χ0) is 44.2. The van der Waals surface area contributed by atoms with Crippen molar-refractivity contribution >= 4 is 17.8 Å². The zero-order valence-corrected chi connectivity index (χ0v) is 35.1. The Morgan fingerprint density at radius 3 is 1.81 bits per heavy atom. The average molecular weight is 856 g/mol. The Labute approximate surface area is 369 Å². The van der Waals surface area contributed by atoms with E-state index in [2.05, 4.69) is 17.1 Å². The Morgan fingerprint density at radius 1 is 0.719 bits per heavy atom. The van der Waals surface area contributed by atoms with Crippen LogP contribution in [-0.4, -0.2) is 60.6 Å². The number of carbonyl (C=O) groups is 2. The van der Waals surface area contributed by atoms with Crippen molar-refractivity contribution in [3.63, 3.8) is 0 Å². The van der Waals surface area contributed by atoms with Gasteiger partial charge in [-0.25, -0.2) is 9.59 Å². The summed E-state index contributed by atoms with van der Waals surface area (Å²) in [6.45, 7) is -0.00912. The van der Waals surface area contributed by atoms with Gasteiger partial charge in [-0.1, -0.05) is 133 Å². The molecular weight excluding hydrogens is 811 g/mol. The minimum absolute atomic E-state index is 0.00912. The summed E-state index contributed by atoms with van der Waals surface area (Å²) in [6.07, 6.45) is -4.61. The van der Waals surface area contributed by atoms with Crippen LogP contribution in [0.25, 0.3) is 11.1 Å². The van der Waals surface area contributed by atoms with Gasteiger partial charge in [0, 0.05) is 24.1 Å². The molecule has 12 heteroatoms. The minimum Gasteiger partial charge on any atom is -0.497 e. The number of methoxy groups -OCH3 is 2. The first kappa shape index (κ1) is 41.8. The second-order valence-electron chi connectivity index (χ2n) is 15.6. The fourth-order valence-corrected chi connectivity index (χ4v) is 8.87. The predicted octanol–water partition coefficient (Wildman–Crippen LogP) is 8.72. The molecule has 1 unspecified atom stereocenters. The Kier molecular flexibility index (Phi) is 11.8. The Bertz CT molecular complexity index is 2720. The van der Waals surface area contributed by atoms with Crippen molar-refractivity contribution in [2.75, 3.05) is 26.6 Å². The number of nitrogens with two attached hydrogens (primary N) is 1. The van der Waals surface area contributed by atoms with Gasteiger partial charge in [-0.3, -0.25) is 9.36 Å². The van der Waals surface area contributed by atoms with Crippen LogP contribution in [0.5, 0.6) is 11.5 Å². The van der Waals surface area contributed by atoms with Crippen molar-refractivity contribution < 1.29 is 38.0 Å². The van der Waals surface area contributed by atoms with Crippen molar-refractivity contribution in [3.8, 4) is 22.6 Å². The van der Waals surface area contributed by atoms with Gasteiger partial charge in [-0.15, -0.1) is 0 Å². The highest BCUT2D eigenvalue weighted by Crippen LogP contribution is 2.47. The average Bonchev–Trinajstić information content (AvgIpc) is 3.90. The lowest BCUT2D eigenvalue weighted by atomic mass is 9.79. The Hall–Kier alpha value is -7.54. The van der Waals surface area contributed by atoms with E-state index in [1.54, 1.807) is 44.6 Å². The number of benzene rings is 6. The number of aromatic nitrogens is 2. The number of Topliss-reactive ketones (excluding diaryl/α,β-unsaturated/α-hetero) is 1. The van der Waals surface area contributed by atoms with E-state index >= 15 is 4.79 Å². The van der Waals surface area contributed by atoms with E-state index in [4.69, 9.17) is 34.2 Å². The molecule has 1 aromatic heterocycles. The molecule has 9 rings (SSSR count). The SMILES string of the molecule is COc1ccc(C(OC(C(=O)c2ccccc2)[C@H]2O[C@@H](n3ccc(N)nc3=O)C[C@@H]2OC(=O)OCC2c3ccccc3-c3ccccc32)(c2ccccc2)c2ccc(OC)cc2)cc1. The number of nitrogens with zero attached hydrogens (tertiary/aromatic N) is 2. The molecular formula is C52H45N3O9. The number of hydrogen-bond acceptors (Lipinski definition) is 11. The molecule has 0 radical (unpaired) electrons. The highest BCUT2D eigenvalue weighted by atomic mass is 16.7. The van der Waals surface area contributed by atoms with Crippen molar-refractivity contribution in [1.29, 1.82) is 0 Å². The normalized spacial score (nSPS) is 17.2. The first-order valence-electron chi connectivity index (χ1n) is 20.9. The van der Waals surface area contributed by atoms with E-state index in [0.717, 1.165) is 22.3 Å². The monoisotopic (exact) mass is 855 g/mol. The van der Waals surface area contributed by atoms with Gasteiger partial charge in [-0.2, -0.15) is 4.98 Å². The highest BCUT2D eigenvalue weighted by molar-refractivity contribution is 6.00. The maximum Gasteiger partial charge on any atom is 0.508 e. The summed E-state index contributed by atoms with van der Waals surface area (Å²) in [5.74, 6) is 0.544. The summed E-state index contributed by atoms with van der Waals surface area (Å²) in [5, 5.41) is 0. The summed E-state index contributed by atoms with van der Waals surface area (Å²) in [7, 11) is 3.17. The molecule has 322 valence electrons. The number of carbonyl (C=O) groups excluding carboxylic acids is 2. The van der Waals surface area contributed by atoms with Crippen molar-refractivity contribution in [1.82, 2.24) is 9.55 Å². The molecule has 64 heavy (non-hydrogen) atoms. The minimum atomic E-state index is -1.51. The van der Waals surface area contributed by atoms with Crippen molar-refractivity contribution in [3.05, 3.63) is 214 Å². The highest BCUT2D eigenvalue weighted by Gasteiger charge is 2.52. The van der Waals surface area contributed by atoms with Crippen LogP contribution in [0.2, 0.25) is 0 Å². The predicted molar refractivity (Wildman–Crippen MR) is 239 cm³/mol. The molecule has 2 aliphatic rings. The summed E-state index contributed by atoms with van der Waals surface area (Å²) in [5.41, 5.74) is 10.2. The third-order valence-corrected chi connectivity index (χ3v) is 11.9. The van der Waals surface area contributed by atoms with Crippen LogP contribution in [0.15, 0.2) is 175 Å². The van der Waals surface area contributed by atoms with Gasteiger partial charge in [0.25, 0.3) is 0 Å². The molecule has 12 nitrogen and oxygen atoms in total. The van der Waals surface area contributed by atoms with Crippen LogP contribution in [-0.2, 0) is 24.5 Å². The second kappa shape index (κ2) is 18.1. The molecule has 4 atom stereocenters. The van der Waals surface area contributed by atoms with Crippen LogP contribution >= 0.6 is 0 Å². The fraction of sp³-hybridized carbons (Fsp3) is 0.192. The van der Waals surface area contributed by atoms with Gasteiger partial charge in [0.15, 0.2) is 11.9 Å². The summed E-state index contributed by atoms with van der Waals surface area (Å²) in [4.78, 5) is 46.7. The first-order chi connectivity index (χ1) is 31.3. The van der Waals surface area contributed by atoms with Gasteiger partial charge < -0.3 is 34.2 Å². The van der Waals surface area contributed by atoms with E-state index in [0.29, 0.717) is 33.8 Å². The number of rotatable bonds is 14. The lowest BCUT2D eigenvalue weighted by Crippen LogP contribution is -2.49. The maximum atomic E-state index is 15.3. The number of nitrogen functional groups attached to an aromatic ring is 1. The van der Waals surface area contributed by atoms with Gasteiger partial charge in [-0.05, 0) is 69.3 Å². The van der Waals surface area contributed by atoms with Crippen LogP contribution in [0.3, 0.4) is 0 Å². The molecule has 1 aliphatic carbocycles. The lowest BCUT2D eigenvalue weighted by molar-refractivity contribution is -0.130. The van der Waals surface area contributed by atoms with Crippen LogP contribution < -0.4 is 20.9 Å². The Balaban J connectivity index is 1.15. The second-order valence-corrected chi connectivity index (χ2v) is 15.6. The van der Waals surface area contributed by atoms with Gasteiger partial charge in [0.2, 0.25) is 0 Å². The molecule has 7 aromatic rings. The van der Waals surface area contributed by atoms with Gasteiger partial charge in [0.1, 0.15) is 48.0 Å². The summed E-state index contributed by atoms with van der Waals surface area (Å²) in [6, 6.07) is 50.5. The first-order valence-corrected chi connectivity index (χ1v) is 20.9. The largest absolute Gasteiger partial charge is 0.508 e. The zero-order valence-electron chi connectivity index (χ0n) is 35.1. The molecule has 0 bridgehead atoms. The van der Waals surface area contributed by atoms with Gasteiger partial charge in [0.05, 0.1) is 14.2 Å². The molecule has 2 N–H and O–H groups in total. The van der Waals surface area contributed by atoms with E-state index in [1.165, 1.54) is 16.8 Å². The number of fused-ring (bicyclic) bond motifs is 3. The maximum absolute atomic E-state index is 15.3. The molecule has 0 saturated carbocycles.